The maximum absolute atomic E-state index is 12.0. The van der Waals surface area contributed by atoms with Crippen LogP contribution in [0.4, 0.5) is 0 Å². The third kappa shape index (κ3) is 6.38. The minimum absolute atomic E-state index is 0.437. The summed E-state index contributed by atoms with van der Waals surface area (Å²) in [5.41, 5.74) is 0.943. The number of nitrogens with zero attached hydrogens (tertiary/aromatic N) is 2. The SMILES string of the molecule is CC(C)(c1cc(Br)ccn1)S(C)(=O)=O.CC1(C)OB(c2ccnc(C(C)(C)S(C)(=O)=O)c2)OC1(C)C. The Hall–Kier alpha value is -1.34. The molecule has 0 unspecified atom stereocenters. The molecular formula is C24H36BBrN2O6S2. The predicted octanol–water partition coefficient (Wildman–Crippen LogP) is 3.78. The van der Waals surface area contributed by atoms with Crippen LogP contribution in [0.2, 0.25) is 0 Å². The number of pyridine rings is 2. The lowest BCUT2D eigenvalue weighted by Crippen LogP contribution is -2.41. The summed E-state index contributed by atoms with van der Waals surface area (Å²) in [5.74, 6) is 0. The number of hydrogen-bond acceptors (Lipinski definition) is 8. The van der Waals surface area contributed by atoms with Gasteiger partial charge < -0.3 is 9.31 Å². The smallest absolute Gasteiger partial charge is 0.399 e. The van der Waals surface area contributed by atoms with Gasteiger partial charge in [-0.3, -0.25) is 9.97 Å². The molecule has 36 heavy (non-hydrogen) atoms. The van der Waals surface area contributed by atoms with Crippen LogP contribution in [-0.2, 0) is 38.5 Å². The van der Waals surface area contributed by atoms with Crippen LogP contribution in [0, 0.1) is 0 Å². The molecule has 3 rings (SSSR count). The third-order valence-electron chi connectivity index (χ3n) is 7.12. The largest absolute Gasteiger partial charge is 0.494 e. The normalized spacial score (nSPS) is 17.9. The van der Waals surface area contributed by atoms with Crippen LogP contribution < -0.4 is 5.46 Å². The summed E-state index contributed by atoms with van der Waals surface area (Å²) >= 11 is 3.29. The maximum atomic E-state index is 12.0. The van der Waals surface area contributed by atoms with Crippen molar-refractivity contribution in [2.24, 2.45) is 0 Å². The Morgan fingerprint density at radius 2 is 1.17 bits per heavy atom. The molecular weight excluding hydrogens is 567 g/mol. The van der Waals surface area contributed by atoms with Gasteiger partial charge in [0.05, 0.1) is 22.6 Å². The first-order chi connectivity index (χ1) is 16.0. The zero-order valence-electron chi connectivity index (χ0n) is 22.6. The number of hydrogen-bond donors (Lipinski definition) is 0. The molecule has 2 aromatic heterocycles. The minimum atomic E-state index is -3.29. The van der Waals surface area contributed by atoms with E-state index in [9.17, 15) is 16.8 Å². The Morgan fingerprint density at radius 1 is 0.778 bits per heavy atom. The van der Waals surface area contributed by atoms with Crippen LogP contribution >= 0.6 is 15.9 Å². The average molecular weight is 603 g/mol. The van der Waals surface area contributed by atoms with Gasteiger partial charge in [0.15, 0.2) is 19.7 Å². The molecule has 0 spiro atoms. The lowest BCUT2D eigenvalue weighted by Gasteiger charge is -2.32. The molecule has 1 aliphatic heterocycles. The molecule has 8 nitrogen and oxygen atoms in total. The summed E-state index contributed by atoms with van der Waals surface area (Å²) in [4.78, 5) is 8.30. The molecule has 0 aromatic carbocycles. The topological polar surface area (TPSA) is 113 Å². The molecule has 0 radical (unpaired) electrons. The van der Waals surface area contributed by atoms with E-state index in [0.717, 1.165) is 9.94 Å². The van der Waals surface area contributed by atoms with Gasteiger partial charge in [0.1, 0.15) is 9.49 Å². The van der Waals surface area contributed by atoms with Crippen molar-refractivity contribution >= 4 is 48.2 Å². The lowest BCUT2D eigenvalue weighted by atomic mass is 9.79. The molecule has 200 valence electrons. The second-order valence-corrected chi connectivity index (χ2v) is 17.0. The van der Waals surface area contributed by atoms with Crippen molar-refractivity contribution < 1.29 is 26.1 Å². The summed E-state index contributed by atoms with van der Waals surface area (Å²) in [6, 6.07) is 7.04. The molecule has 12 heteroatoms. The molecule has 3 heterocycles. The van der Waals surface area contributed by atoms with Crippen LogP contribution in [0.3, 0.4) is 0 Å². The summed E-state index contributed by atoms with van der Waals surface area (Å²) in [6.07, 6.45) is 5.63. The summed E-state index contributed by atoms with van der Waals surface area (Å²) in [6.45, 7) is 14.5. The highest BCUT2D eigenvalue weighted by Crippen LogP contribution is 2.37. The number of rotatable bonds is 5. The molecule has 1 saturated heterocycles. The molecule has 0 saturated carbocycles. The van der Waals surface area contributed by atoms with Crippen molar-refractivity contribution in [3.05, 3.63) is 52.5 Å². The molecule has 0 atom stereocenters. The quantitative estimate of drug-likeness (QED) is 0.475. The minimum Gasteiger partial charge on any atom is -0.399 e. The van der Waals surface area contributed by atoms with E-state index in [-0.39, 0.29) is 0 Å². The van der Waals surface area contributed by atoms with Gasteiger partial charge in [0.25, 0.3) is 0 Å². The second kappa shape index (κ2) is 10.1. The van der Waals surface area contributed by atoms with Gasteiger partial charge >= 0.3 is 7.12 Å². The van der Waals surface area contributed by atoms with Gasteiger partial charge in [-0.1, -0.05) is 15.9 Å². The molecule has 1 fully saturated rings. The Labute approximate surface area is 224 Å². The lowest BCUT2D eigenvalue weighted by molar-refractivity contribution is 0.00578. The summed E-state index contributed by atoms with van der Waals surface area (Å²) in [5, 5.41) is 0. The highest BCUT2D eigenvalue weighted by atomic mass is 79.9. The monoisotopic (exact) mass is 602 g/mol. The Bertz CT molecular complexity index is 1310. The van der Waals surface area contributed by atoms with E-state index in [1.54, 1.807) is 64.4 Å². The van der Waals surface area contributed by atoms with Gasteiger partial charge in [-0.2, -0.15) is 0 Å². The zero-order chi connectivity index (χ0) is 28.0. The predicted molar refractivity (Wildman–Crippen MR) is 148 cm³/mol. The van der Waals surface area contributed by atoms with Crippen molar-refractivity contribution in [2.45, 2.75) is 76.1 Å². The molecule has 0 bridgehead atoms. The first kappa shape index (κ1) is 30.9. The fourth-order valence-electron chi connectivity index (χ4n) is 3.02. The number of aromatic nitrogens is 2. The zero-order valence-corrected chi connectivity index (χ0v) is 25.8. The van der Waals surface area contributed by atoms with E-state index in [1.807, 2.05) is 27.7 Å². The highest BCUT2D eigenvalue weighted by molar-refractivity contribution is 9.10. The van der Waals surface area contributed by atoms with E-state index in [1.165, 1.54) is 12.5 Å². The summed E-state index contributed by atoms with van der Waals surface area (Å²) in [7, 11) is -6.97. The summed E-state index contributed by atoms with van der Waals surface area (Å²) < 4.78 is 57.8. The van der Waals surface area contributed by atoms with Crippen molar-refractivity contribution in [3.8, 4) is 0 Å². The van der Waals surface area contributed by atoms with E-state index in [4.69, 9.17) is 9.31 Å². The fourth-order valence-corrected chi connectivity index (χ4v) is 4.33. The molecule has 1 aliphatic rings. The van der Waals surface area contributed by atoms with Crippen molar-refractivity contribution in [2.75, 3.05) is 12.5 Å². The fraction of sp³-hybridized carbons (Fsp3) is 0.583. The van der Waals surface area contributed by atoms with E-state index in [2.05, 4.69) is 25.9 Å². The van der Waals surface area contributed by atoms with Crippen LogP contribution in [0.25, 0.3) is 0 Å². The third-order valence-corrected chi connectivity index (χ3v) is 11.7. The number of sulfone groups is 2. The highest BCUT2D eigenvalue weighted by Gasteiger charge is 2.52. The number of halogens is 1. The Balaban J connectivity index is 0.000000281. The van der Waals surface area contributed by atoms with Crippen LogP contribution in [0.15, 0.2) is 41.1 Å². The van der Waals surface area contributed by atoms with Gasteiger partial charge in [0.2, 0.25) is 0 Å². The molecule has 0 N–H and O–H groups in total. The van der Waals surface area contributed by atoms with Crippen molar-refractivity contribution in [1.82, 2.24) is 9.97 Å². The van der Waals surface area contributed by atoms with Crippen LogP contribution in [0.1, 0.15) is 66.8 Å². The molecule has 2 aromatic rings. The second-order valence-electron chi connectivity index (χ2n) is 11.0. The van der Waals surface area contributed by atoms with Crippen molar-refractivity contribution in [3.63, 3.8) is 0 Å². The Kier molecular flexibility index (Phi) is 8.66. The van der Waals surface area contributed by atoms with Crippen LogP contribution in [0.5, 0.6) is 0 Å². The maximum Gasteiger partial charge on any atom is 0.494 e. The van der Waals surface area contributed by atoms with Crippen LogP contribution in [-0.4, -0.2) is 57.6 Å². The van der Waals surface area contributed by atoms with Crippen molar-refractivity contribution in [1.29, 1.82) is 0 Å². The van der Waals surface area contributed by atoms with E-state index < -0.39 is 47.5 Å². The Morgan fingerprint density at radius 3 is 1.56 bits per heavy atom. The van der Waals surface area contributed by atoms with Gasteiger partial charge in [-0.15, -0.1) is 0 Å². The first-order valence-corrected chi connectivity index (χ1v) is 15.9. The average Bonchev–Trinajstić information content (AvgIpc) is 2.94. The molecule has 0 amide bonds. The van der Waals surface area contributed by atoms with Gasteiger partial charge in [0, 0.05) is 29.4 Å². The first-order valence-electron chi connectivity index (χ1n) is 11.4. The van der Waals surface area contributed by atoms with Gasteiger partial charge in [-0.05, 0) is 85.1 Å². The van der Waals surface area contributed by atoms with Gasteiger partial charge in [-0.25, -0.2) is 16.8 Å². The standard InChI is InChI=1S/C15H24BNO4S.C9H12BrNO2S/c1-13(2,22(7,18)19)12-10-11(8-9-17-12)16-20-14(3,4)15(5,6)21-16;1-9(2,14(3,12)13)8-6-7(10)4-5-11-8/h8-10H,1-7H3;4-6H,1-3H3. The molecule has 0 aliphatic carbocycles. The van der Waals surface area contributed by atoms with E-state index in [0.29, 0.717) is 11.4 Å². The van der Waals surface area contributed by atoms with E-state index >= 15 is 0 Å².